The lowest BCUT2D eigenvalue weighted by Gasteiger charge is -2.09. The molecule has 5 aromatic heterocycles. The zero-order chi connectivity index (χ0) is 20.0. The van der Waals surface area contributed by atoms with Crippen LogP contribution in [0.25, 0.3) is 39.4 Å². The van der Waals surface area contributed by atoms with Crippen LogP contribution < -0.4 is 5.32 Å². The third kappa shape index (κ3) is 2.89. The summed E-state index contributed by atoms with van der Waals surface area (Å²) in [5.41, 5.74) is 3.66. The van der Waals surface area contributed by atoms with Crippen LogP contribution in [-0.2, 0) is 4.79 Å². The van der Waals surface area contributed by atoms with E-state index in [4.69, 9.17) is 4.98 Å². The molecule has 9 nitrogen and oxygen atoms in total. The van der Waals surface area contributed by atoms with Gasteiger partial charge in [-0.05, 0) is 31.2 Å². The van der Waals surface area contributed by atoms with Crippen molar-refractivity contribution in [2.45, 2.75) is 13.8 Å². The molecule has 0 aromatic carbocycles. The number of anilines is 1. The van der Waals surface area contributed by atoms with E-state index in [-0.39, 0.29) is 5.91 Å². The number of aryl methyl sites for hydroxylation is 1. The molecule has 0 bridgehead atoms. The molecule has 5 heterocycles. The summed E-state index contributed by atoms with van der Waals surface area (Å²) in [5.74, 6) is 1.44. The molecule has 0 radical (unpaired) electrons. The van der Waals surface area contributed by atoms with Gasteiger partial charge in [0.15, 0.2) is 22.8 Å². The maximum absolute atomic E-state index is 11.5. The topological polar surface area (TPSA) is 114 Å². The first kappa shape index (κ1) is 17.0. The van der Waals surface area contributed by atoms with E-state index >= 15 is 0 Å². The van der Waals surface area contributed by atoms with Crippen molar-refractivity contribution in [3.05, 3.63) is 54.7 Å². The van der Waals surface area contributed by atoms with Crippen molar-refractivity contribution in [3.8, 4) is 17.3 Å². The number of nitrogens with one attached hydrogen (secondary N) is 2. The van der Waals surface area contributed by atoms with Gasteiger partial charge in [0, 0.05) is 30.4 Å². The van der Waals surface area contributed by atoms with Gasteiger partial charge in [-0.1, -0.05) is 6.07 Å². The molecule has 29 heavy (non-hydrogen) atoms. The molecule has 9 heteroatoms. The Labute approximate surface area is 164 Å². The van der Waals surface area contributed by atoms with Crippen molar-refractivity contribution in [2.75, 3.05) is 5.32 Å². The Balaban J connectivity index is 1.75. The van der Waals surface area contributed by atoms with E-state index in [2.05, 4.69) is 30.2 Å². The van der Waals surface area contributed by atoms with Gasteiger partial charge in [-0.25, -0.2) is 24.9 Å². The standard InChI is InChI=1S/C20H16N8O/c1-11-4-3-5-14(24-11)18-26-19-16(22-10-23-19)20(27-18)28-9-7-13-15(28)6-8-21-17(13)25-12(2)29/h3-10H,1-2H3,(H,21,25,29)(H,22,23,26,27). The molecule has 2 N–H and O–H groups in total. The van der Waals surface area contributed by atoms with E-state index in [0.717, 1.165) is 16.6 Å². The van der Waals surface area contributed by atoms with Crippen molar-refractivity contribution >= 4 is 33.8 Å². The molecule has 0 saturated heterocycles. The summed E-state index contributed by atoms with van der Waals surface area (Å²) in [5, 5.41) is 3.57. The first-order valence-corrected chi connectivity index (χ1v) is 8.99. The number of hydrogen-bond acceptors (Lipinski definition) is 6. The minimum atomic E-state index is -0.178. The second-order valence-corrected chi connectivity index (χ2v) is 6.59. The molecule has 0 atom stereocenters. The summed E-state index contributed by atoms with van der Waals surface area (Å²) < 4.78 is 1.91. The first-order valence-electron chi connectivity index (χ1n) is 8.99. The van der Waals surface area contributed by atoms with Gasteiger partial charge in [0.05, 0.1) is 11.8 Å². The lowest BCUT2D eigenvalue weighted by atomic mass is 10.3. The van der Waals surface area contributed by atoms with Crippen LogP contribution in [0.15, 0.2) is 49.1 Å². The Kier molecular flexibility index (Phi) is 3.80. The molecule has 0 spiro atoms. The van der Waals surface area contributed by atoms with Crippen LogP contribution in [0.4, 0.5) is 5.82 Å². The maximum atomic E-state index is 11.5. The maximum Gasteiger partial charge on any atom is 0.222 e. The number of pyridine rings is 2. The fourth-order valence-electron chi connectivity index (χ4n) is 3.29. The van der Waals surface area contributed by atoms with Crippen molar-refractivity contribution in [3.63, 3.8) is 0 Å². The van der Waals surface area contributed by atoms with Crippen molar-refractivity contribution in [2.24, 2.45) is 0 Å². The molecule has 0 fully saturated rings. The molecule has 5 aromatic rings. The van der Waals surface area contributed by atoms with Gasteiger partial charge in [-0.3, -0.25) is 9.36 Å². The van der Waals surface area contributed by atoms with Crippen LogP contribution in [0.5, 0.6) is 0 Å². The highest BCUT2D eigenvalue weighted by atomic mass is 16.1. The average Bonchev–Trinajstić information content (AvgIpc) is 3.34. The predicted octanol–water partition coefficient (Wildman–Crippen LogP) is 3.02. The Hall–Kier alpha value is -4.14. The highest BCUT2D eigenvalue weighted by Crippen LogP contribution is 2.28. The normalized spacial score (nSPS) is 11.2. The molecule has 1 amide bonds. The first-order chi connectivity index (χ1) is 14.1. The summed E-state index contributed by atoms with van der Waals surface area (Å²) in [7, 11) is 0. The Morgan fingerprint density at radius 1 is 1.10 bits per heavy atom. The van der Waals surface area contributed by atoms with Crippen molar-refractivity contribution in [1.29, 1.82) is 0 Å². The van der Waals surface area contributed by atoms with Crippen LogP contribution in [0, 0.1) is 6.92 Å². The minimum Gasteiger partial charge on any atom is -0.329 e. The highest BCUT2D eigenvalue weighted by molar-refractivity contribution is 5.99. The van der Waals surface area contributed by atoms with Gasteiger partial charge in [0.25, 0.3) is 0 Å². The number of nitrogens with zero attached hydrogens (tertiary/aromatic N) is 6. The highest BCUT2D eigenvalue weighted by Gasteiger charge is 2.17. The number of H-pyrrole nitrogens is 1. The zero-order valence-corrected chi connectivity index (χ0v) is 15.7. The smallest absolute Gasteiger partial charge is 0.222 e. The minimum absolute atomic E-state index is 0.178. The lowest BCUT2D eigenvalue weighted by molar-refractivity contribution is -0.114. The Morgan fingerprint density at radius 2 is 2.00 bits per heavy atom. The van der Waals surface area contributed by atoms with E-state index < -0.39 is 0 Å². The van der Waals surface area contributed by atoms with E-state index in [1.54, 1.807) is 12.5 Å². The number of hydrogen-bond donors (Lipinski definition) is 2. The summed E-state index contributed by atoms with van der Waals surface area (Å²) in [4.78, 5) is 37.1. The summed E-state index contributed by atoms with van der Waals surface area (Å²) in [6.07, 6.45) is 5.11. The number of fused-ring (bicyclic) bond motifs is 2. The van der Waals surface area contributed by atoms with Crippen LogP contribution in [0.2, 0.25) is 0 Å². The Morgan fingerprint density at radius 3 is 2.83 bits per heavy atom. The van der Waals surface area contributed by atoms with Crippen molar-refractivity contribution < 1.29 is 4.79 Å². The quantitative estimate of drug-likeness (QED) is 0.494. The van der Waals surface area contributed by atoms with Crippen LogP contribution in [0.3, 0.4) is 0 Å². The number of carbonyl (C=O) groups is 1. The number of aromatic amines is 1. The van der Waals surface area contributed by atoms with E-state index in [1.165, 1.54) is 6.92 Å². The summed E-state index contributed by atoms with van der Waals surface area (Å²) in [6, 6.07) is 9.48. The second kappa shape index (κ2) is 6.48. The van der Waals surface area contributed by atoms with Crippen LogP contribution >= 0.6 is 0 Å². The second-order valence-electron chi connectivity index (χ2n) is 6.59. The van der Waals surface area contributed by atoms with Crippen LogP contribution in [-0.4, -0.2) is 40.4 Å². The van der Waals surface area contributed by atoms with E-state index in [1.807, 2.05) is 48.0 Å². The molecule has 5 rings (SSSR count). The molecule has 0 unspecified atom stereocenters. The molecule has 0 aliphatic heterocycles. The van der Waals surface area contributed by atoms with Gasteiger partial charge in [0.1, 0.15) is 11.5 Å². The number of rotatable bonds is 3. The SMILES string of the molecule is CC(=O)Nc1nccc2c1ccn2-c1nc(-c2cccc(C)n2)nc2[nH]cnc12. The Bertz CT molecular complexity index is 1380. The molecule has 142 valence electrons. The van der Waals surface area contributed by atoms with E-state index in [0.29, 0.717) is 34.3 Å². The van der Waals surface area contributed by atoms with Crippen LogP contribution in [0.1, 0.15) is 12.6 Å². The van der Waals surface area contributed by atoms with Gasteiger partial charge in [-0.2, -0.15) is 0 Å². The molecule has 0 aliphatic rings. The lowest BCUT2D eigenvalue weighted by Crippen LogP contribution is -2.07. The number of amides is 1. The van der Waals surface area contributed by atoms with E-state index in [9.17, 15) is 4.79 Å². The fraction of sp³-hybridized carbons (Fsp3) is 0.100. The average molecular weight is 384 g/mol. The molecular formula is C20H16N8O. The number of aromatic nitrogens is 7. The van der Waals surface area contributed by atoms with Crippen molar-refractivity contribution in [1.82, 2.24) is 34.5 Å². The fourth-order valence-corrected chi connectivity index (χ4v) is 3.29. The number of carbonyl (C=O) groups excluding carboxylic acids is 1. The summed E-state index contributed by atoms with van der Waals surface area (Å²) in [6.45, 7) is 3.38. The predicted molar refractivity (Wildman–Crippen MR) is 109 cm³/mol. The number of imidazole rings is 1. The monoisotopic (exact) mass is 384 g/mol. The third-order valence-corrected chi connectivity index (χ3v) is 4.52. The zero-order valence-electron chi connectivity index (χ0n) is 15.7. The van der Waals surface area contributed by atoms with Gasteiger partial charge in [0.2, 0.25) is 5.91 Å². The molecule has 0 saturated carbocycles. The molecule has 0 aliphatic carbocycles. The third-order valence-electron chi connectivity index (χ3n) is 4.52. The van der Waals surface area contributed by atoms with Gasteiger partial charge >= 0.3 is 0 Å². The largest absolute Gasteiger partial charge is 0.329 e. The summed E-state index contributed by atoms with van der Waals surface area (Å²) >= 11 is 0. The van der Waals surface area contributed by atoms with Gasteiger partial charge in [-0.15, -0.1) is 0 Å². The molecular weight excluding hydrogens is 368 g/mol. The van der Waals surface area contributed by atoms with Gasteiger partial charge < -0.3 is 10.3 Å².